The molecule has 5 heteroatoms. The van der Waals surface area contributed by atoms with Crippen LogP contribution in [0, 0.1) is 6.92 Å². The quantitative estimate of drug-likeness (QED) is 0.553. The minimum atomic E-state index is -0.252. The predicted molar refractivity (Wildman–Crippen MR) is 95.5 cm³/mol. The van der Waals surface area contributed by atoms with Gasteiger partial charge in [0.05, 0.1) is 0 Å². The number of aryl methyl sites for hydroxylation is 1. The lowest BCUT2D eigenvalue weighted by Crippen LogP contribution is -2.21. The molecule has 5 nitrogen and oxygen atoms in total. The van der Waals surface area contributed by atoms with Crippen molar-refractivity contribution >= 4 is 22.5 Å². The van der Waals surface area contributed by atoms with Crippen LogP contribution in [0.4, 0.5) is 0 Å². The molecule has 24 heavy (non-hydrogen) atoms. The summed E-state index contributed by atoms with van der Waals surface area (Å²) in [5.74, 6) is 1.43. The highest BCUT2D eigenvalue weighted by molar-refractivity contribution is 6.03. The number of H-pyrrole nitrogens is 1. The molecule has 0 spiro atoms. The summed E-state index contributed by atoms with van der Waals surface area (Å²) in [5, 5.41) is 5.23. The third-order valence-electron chi connectivity index (χ3n) is 3.97. The maximum atomic E-state index is 12.6. The molecular weight excluding hydrogens is 302 g/mol. The molecule has 0 bridgehead atoms. The zero-order chi connectivity index (χ0) is 17.3. The van der Waals surface area contributed by atoms with Gasteiger partial charge in [0.1, 0.15) is 22.9 Å². The van der Waals surface area contributed by atoms with Gasteiger partial charge in [-0.2, -0.15) is 5.10 Å². The first-order valence-corrected chi connectivity index (χ1v) is 7.99. The molecule has 0 unspecified atom stereocenters. The minimum absolute atomic E-state index is 0.222. The smallest absolute Gasteiger partial charge is 0.288 e. The number of amides is 1. The van der Waals surface area contributed by atoms with E-state index >= 15 is 0 Å². The highest BCUT2D eigenvalue weighted by atomic mass is 16.3. The number of rotatable bonds is 4. The van der Waals surface area contributed by atoms with Crippen LogP contribution in [0.25, 0.3) is 10.9 Å². The van der Waals surface area contributed by atoms with Crippen LogP contribution in [0.15, 0.2) is 45.9 Å². The first-order valence-electron chi connectivity index (χ1n) is 7.99. The summed E-state index contributed by atoms with van der Waals surface area (Å²) in [7, 11) is 0. The van der Waals surface area contributed by atoms with Crippen LogP contribution in [0.1, 0.15) is 54.3 Å². The molecule has 0 radical (unpaired) electrons. The fourth-order valence-electron chi connectivity index (χ4n) is 2.82. The van der Waals surface area contributed by atoms with E-state index in [0.29, 0.717) is 17.2 Å². The second-order valence-electron chi connectivity index (χ2n) is 6.16. The molecule has 0 aliphatic carbocycles. The van der Waals surface area contributed by atoms with E-state index in [9.17, 15) is 4.79 Å². The van der Waals surface area contributed by atoms with E-state index in [-0.39, 0.29) is 11.8 Å². The number of nitrogens with zero attached hydrogens (tertiary/aromatic N) is 1. The van der Waals surface area contributed by atoms with Gasteiger partial charge >= 0.3 is 0 Å². The standard InChI is InChI=1S/C19H21N3O2/c1-11(2)17-14-7-5-6-8-15(14)20-18(17)19(23)22-21-13(4)16-10-9-12(3)24-16/h5-11,20H,1-4H3,(H,22,23)/b21-13+. The van der Waals surface area contributed by atoms with Crippen molar-refractivity contribution in [1.29, 1.82) is 0 Å². The Kier molecular flexibility index (Phi) is 4.25. The molecule has 0 atom stereocenters. The van der Waals surface area contributed by atoms with E-state index in [4.69, 9.17) is 4.42 Å². The lowest BCUT2D eigenvalue weighted by atomic mass is 9.99. The normalized spacial score (nSPS) is 12.1. The fraction of sp³-hybridized carbons (Fsp3) is 0.263. The number of benzene rings is 1. The molecule has 2 heterocycles. The molecule has 3 aromatic rings. The summed E-state index contributed by atoms with van der Waals surface area (Å²) in [6.07, 6.45) is 0. The number of nitrogens with one attached hydrogen (secondary N) is 2. The van der Waals surface area contributed by atoms with Gasteiger partial charge in [-0.25, -0.2) is 5.43 Å². The number of fused-ring (bicyclic) bond motifs is 1. The molecule has 2 aromatic heterocycles. The summed E-state index contributed by atoms with van der Waals surface area (Å²) in [6.45, 7) is 7.82. The van der Waals surface area contributed by atoms with Gasteiger partial charge in [-0.05, 0) is 43.5 Å². The lowest BCUT2D eigenvalue weighted by Gasteiger charge is -2.07. The Hall–Kier alpha value is -2.82. The number of aromatic nitrogens is 1. The zero-order valence-electron chi connectivity index (χ0n) is 14.3. The zero-order valence-corrected chi connectivity index (χ0v) is 14.3. The first kappa shape index (κ1) is 16.1. The van der Waals surface area contributed by atoms with Crippen LogP contribution < -0.4 is 5.43 Å². The van der Waals surface area contributed by atoms with Crippen molar-refractivity contribution in [2.45, 2.75) is 33.6 Å². The van der Waals surface area contributed by atoms with Crippen molar-refractivity contribution in [2.24, 2.45) is 5.10 Å². The largest absolute Gasteiger partial charge is 0.460 e. The molecule has 0 aliphatic heterocycles. The number of hydrogen-bond acceptors (Lipinski definition) is 3. The van der Waals surface area contributed by atoms with E-state index in [0.717, 1.165) is 22.2 Å². The summed E-state index contributed by atoms with van der Waals surface area (Å²) in [6, 6.07) is 11.6. The van der Waals surface area contributed by atoms with Gasteiger partial charge in [0.15, 0.2) is 0 Å². The number of hydrogen-bond donors (Lipinski definition) is 2. The second kappa shape index (κ2) is 6.35. The average Bonchev–Trinajstić information content (AvgIpc) is 3.15. The Morgan fingerprint density at radius 1 is 1.21 bits per heavy atom. The van der Waals surface area contributed by atoms with E-state index in [1.807, 2.05) is 43.3 Å². The van der Waals surface area contributed by atoms with Crippen molar-refractivity contribution in [1.82, 2.24) is 10.4 Å². The van der Waals surface area contributed by atoms with Gasteiger partial charge in [-0.1, -0.05) is 32.0 Å². The predicted octanol–water partition coefficient (Wildman–Crippen LogP) is 4.35. The van der Waals surface area contributed by atoms with Gasteiger partial charge in [-0.3, -0.25) is 4.79 Å². The highest BCUT2D eigenvalue weighted by Crippen LogP contribution is 2.29. The number of carbonyl (C=O) groups excluding carboxylic acids is 1. The molecule has 124 valence electrons. The fourth-order valence-corrected chi connectivity index (χ4v) is 2.82. The van der Waals surface area contributed by atoms with Crippen molar-refractivity contribution < 1.29 is 9.21 Å². The van der Waals surface area contributed by atoms with E-state index < -0.39 is 0 Å². The summed E-state index contributed by atoms with van der Waals surface area (Å²) >= 11 is 0. The topological polar surface area (TPSA) is 70.4 Å². The maximum Gasteiger partial charge on any atom is 0.288 e. The lowest BCUT2D eigenvalue weighted by molar-refractivity contribution is 0.0949. The van der Waals surface area contributed by atoms with Crippen LogP contribution in [-0.2, 0) is 0 Å². The average molecular weight is 323 g/mol. The highest BCUT2D eigenvalue weighted by Gasteiger charge is 2.19. The Bertz CT molecular complexity index is 916. The van der Waals surface area contributed by atoms with E-state index in [1.165, 1.54) is 0 Å². The van der Waals surface area contributed by atoms with Crippen molar-refractivity contribution in [3.8, 4) is 0 Å². The van der Waals surface area contributed by atoms with Crippen molar-refractivity contribution in [3.63, 3.8) is 0 Å². The third-order valence-corrected chi connectivity index (χ3v) is 3.97. The van der Waals surface area contributed by atoms with Crippen LogP contribution in [0.2, 0.25) is 0 Å². The summed E-state index contributed by atoms with van der Waals surface area (Å²) in [5.41, 5.74) is 5.76. The molecule has 0 saturated heterocycles. The SMILES string of the molecule is C/C(=N\NC(=O)c1[nH]c2ccccc2c1C(C)C)c1ccc(C)o1. The number of carbonyl (C=O) groups is 1. The Balaban J connectivity index is 1.90. The van der Waals surface area contributed by atoms with Gasteiger partial charge in [0.2, 0.25) is 0 Å². The summed E-state index contributed by atoms with van der Waals surface area (Å²) < 4.78 is 5.50. The molecule has 0 saturated carbocycles. The number of furan rings is 1. The monoisotopic (exact) mass is 323 g/mol. The van der Waals surface area contributed by atoms with Crippen LogP contribution in [0.5, 0.6) is 0 Å². The molecule has 1 aromatic carbocycles. The first-order chi connectivity index (χ1) is 11.5. The summed E-state index contributed by atoms with van der Waals surface area (Å²) in [4.78, 5) is 15.8. The van der Waals surface area contributed by atoms with Gasteiger partial charge in [0, 0.05) is 10.9 Å². The van der Waals surface area contributed by atoms with Gasteiger partial charge in [-0.15, -0.1) is 0 Å². The molecule has 3 rings (SSSR count). The van der Waals surface area contributed by atoms with Gasteiger partial charge in [0.25, 0.3) is 5.91 Å². The number of para-hydroxylation sites is 1. The van der Waals surface area contributed by atoms with E-state index in [2.05, 4.69) is 29.4 Å². The third kappa shape index (κ3) is 2.97. The Labute approximate surface area is 140 Å². The number of aromatic amines is 1. The van der Waals surface area contributed by atoms with Crippen LogP contribution >= 0.6 is 0 Å². The van der Waals surface area contributed by atoms with Crippen LogP contribution in [-0.4, -0.2) is 16.6 Å². The number of hydrazone groups is 1. The maximum absolute atomic E-state index is 12.6. The molecular formula is C19H21N3O2. The van der Waals surface area contributed by atoms with Crippen molar-refractivity contribution in [3.05, 3.63) is 59.2 Å². The van der Waals surface area contributed by atoms with E-state index in [1.54, 1.807) is 6.92 Å². The minimum Gasteiger partial charge on any atom is -0.460 e. The second-order valence-corrected chi connectivity index (χ2v) is 6.16. The Morgan fingerprint density at radius 2 is 1.96 bits per heavy atom. The molecule has 1 amide bonds. The molecule has 0 fully saturated rings. The van der Waals surface area contributed by atoms with Crippen LogP contribution in [0.3, 0.4) is 0 Å². The van der Waals surface area contributed by atoms with Gasteiger partial charge < -0.3 is 9.40 Å². The molecule has 0 aliphatic rings. The Morgan fingerprint density at radius 3 is 2.62 bits per heavy atom. The van der Waals surface area contributed by atoms with Crippen molar-refractivity contribution in [2.75, 3.05) is 0 Å². The molecule has 2 N–H and O–H groups in total.